The topological polar surface area (TPSA) is 21.3 Å². The Bertz CT molecular complexity index is 613. The zero-order chi connectivity index (χ0) is 15.4. The van der Waals surface area contributed by atoms with Gasteiger partial charge in [0, 0.05) is 33.7 Å². The lowest BCUT2D eigenvalue weighted by Crippen LogP contribution is -2.22. The monoisotopic (exact) mass is 371 g/mol. The molecule has 0 bridgehead atoms. The Balaban J connectivity index is 2.28. The van der Waals surface area contributed by atoms with E-state index in [9.17, 15) is 4.39 Å². The van der Waals surface area contributed by atoms with Gasteiger partial charge >= 0.3 is 0 Å². The van der Waals surface area contributed by atoms with Gasteiger partial charge in [-0.05, 0) is 24.3 Å². The first-order chi connectivity index (χ1) is 9.95. The second-order valence-corrected chi connectivity index (χ2v) is 6.28. The van der Waals surface area contributed by atoms with E-state index in [2.05, 4.69) is 35.1 Å². The summed E-state index contributed by atoms with van der Waals surface area (Å²) in [4.78, 5) is 0. The van der Waals surface area contributed by atoms with Gasteiger partial charge in [0.25, 0.3) is 0 Å². The molecule has 0 aliphatic rings. The molecule has 0 atom stereocenters. The zero-order valence-electron chi connectivity index (χ0n) is 11.8. The van der Waals surface area contributed by atoms with Crippen molar-refractivity contribution in [2.45, 2.75) is 26.4 Å². The number of hydrogen-bond donors (Lipinski definition) is 1. The van der Waals surface area contributed by atoms with Gasteiger partial charge in [-0.25, -0.2) is 4.39 Å². The summed E-state index contributed by atoms with van der Waals surface area (Å²) in [5.41, 5.74) is 0.855. The molecule has 2 nitrogen and oxygen atoms in total. The number of nitrogens with one attached hydrogen (secondary N) is 1. The van der Waals surface area contributed by atoms with Crippen molar-refractivity contribution < 1.29 is 9.13 Å². The van der Waals surface area contributed by atoms with Crippen molar-refractivity contribution in [1.82, 2.24) is 5.32 Å². The Morgan fingerprint density at radius 2 is 2.05 bits per heavy atom. The quantitative estimate of drug-likeness (QED) is 0.745. The van der Waals surface area contributed by atoms with Gasteiger partial charge < -0.3 is 10.1 Å². The maximum absolute atomic E-state index is 13.4. The van der Waals surface area contributed by atoms with Crippen LogP contribution in [0.5, 0.6) is 11.5 Å². The second kappa shape index (κ2) is 7.25. The van der Waals surface area contributed by atoms with Crippen LogP contribution in [0.1, 0.15) is 19.4 Å². The van der Waals surface area contributed by atoms with Crippen molar-refractivity contribution >= 4 is 27.5 Å². The highest BCUT2D eigenvalue weighted by Gasteiger charge is 2.10. The van der Waals surface area contributed by atoms with Crippen LogP contribution < -0.4 is 10.1 Å². The summed E-state index contributed by atoms with van der Waals surface area (Å²) in [6.07, 6.45) is 0. The van der Waals surface area contributed by atoms with Gasteiger partial charge in [0.05, 0.1) is 0 Å². The number of hydrogen-bond acceptors (Lipinski definition) is 2. The molecule has 0 aliphatic heterocycles. The van der Waals surface area contributed by atoms with E-state index in [0.29, 0.717) is 33.6 Å². The predicted molar refractivity (Wildman–Crippen MR) is 87.6 cm³/mol. The van der Waals surface area contributed by atoms with Crippen LogP contribution in [0.4, 0.5) is 4.39 Å². The van der Waals surface area contributed by atoms with E-state index < -0.39 is 0 Å². The van der Waals surface area contributed by atoms with Gasteiger partial charge in [0.1, 0.15) is 17.3 Å². The third kappa shape index (κ3) is 4.70. The molecule has 0 spiro atoms. The molecule has 2 aromatic rings. The minimum Gasteiger partial charge on any atom is -0.457 e. The molecule has 5 heteroatoms. The second-order valence-electron chi connectivity index (χ2n) is 4.96. The largest absolute Gasteiger partial charge is 0.457 e. The van der Waals surface area contributed by atoms with Crippen LogP contribution in [-0.2, 0) is 6.54 Å². The summed E-state index contributed by atoms with van der Waals surface area (Å²) in [5.74, 6) is 0.686. The maximum Gasteiger partial charge on any atom is 0.133 e. The van der Waals surface area contributed by atoms with Gasteiger partial charge in [0.15, 0.2) is 0 Å². The molecule has 1 N–H and O–H groups in total. The highest BCUT2D eigenvalue weighted by molar-refractivity contribution is 9.10. The molecular weight excluding hydrogens is 357 g/mol. The molecule has 0 saturated heterocycles. The number of rotatable bonds is 5. The third-order valence-corrected chi connectivity index (χ3v) is 3.64. The van der Waals surface area contributed by atoms with Crippen molar-refractivity contribution in [3.63, 3.8) is 0 Å². The lowest BCUT2D eigenvalue weighted by atomic mass is 10.2. The van der Waals surface area contributed by atoms with E-state index in [1.54, 1.807) is 6.07 Å². The van der Waals surface area contributed by atoms with Crippen molar-refractivity contribution in [2.24, 2.45) is 0 Å². The molecule has 0 saturated carbocycles. The third-order valence-electron chi connectivity index (χ3n) is 2.83. The lowest BCUT2D eigenvalue weighted by Gasteiger charge is -2.15. The van der Waals surface area contributed by atoms with Crippen LogP contribution >= 0.6 is 27.5 Å². The minimum atomic E-state index is -0.358. The fraction of sp³-hybridized carbons (Fsp3) is 0.250. The Morgan fingerprint density at radius 1 is 1.29 bits per heavy atom. The Labute approximate surface area is 137 Å². The molecule has 0 aliphatic carbocycles. The molecule has 0 aromatic heterocycles. The molecular formula is C16H16BrClFNO. The fourth-order valence-corrected chi connectivity index (χ4v) is 2.50. The number of halogens is 3. The molecule has 21 heavy (non-hydrogen) atoms. The molecule has 0 heterocycles. The fourth-order valence-electron chi connectivity index (χ4n) is 1.83. The SMILES string of the molecule is CC(C)NCc1c(Cl)cccc1Oc1cc(F)cc(Br)c1. The summed E-state index contributed by atoms with van der Waals surface area (Å²) < 4.78 is 19.8. The van der Waals surface area contributed by atoms with Crippen LogP contribution in [0.25, 0.3) is 0 Å². The van der Waals surface area contributed by atoms with Crippen LogP contribution in [0.2, 0.25) is 5.02 Å². The summed E-state index contributed by atoms with van der Waals surface area (Å²) in [7, 11) is 0. The van der Waals surface area contributed by atoms with Crippen LogP contribution in [0, 0.1) is 5.82 Å². The van der Waals surface area contributed by atoms with Crippen molar-refractivity contribution in [1.29, 1.82) is 0 Å². The van der Waals surface area contributed by atoms with Gasteiger partial charge in [-0.1, -0.05) is 47.4 Å². The predicted octanol–water partition coefficient (Wildman–Crippen LogP) is 5.53. The highest BCUT2D eigenvalue weighted by Crippen LogP contribution is 2.32. The van der Waals surface area contributed by atoms with E-state index in [4.69, 9.17) is 16.3 Å². The van der Waals surface area contributed by atoms with Crippen LogP contribution in [-0.4, -0.2) is 6.04 Å². The Morgan fingerprint density at radius 3 is 2.71 bits per heavy atom. The van der Waals surface area contributed by atoms with Crippen molar-refractivity contribution in [3.05, 3.63) is 57.3 Å². The molecule has 2 rings (SSSR count). The Hall–Kier alpha value is -1.10. The molecule has 0 amide bonds. The summed E-state index contributed by atoms with van der Waals surface area (Å²) in [6, 6.07) is 10.2. The van der Waals surface area contributed by atoms with Crippen molar-refractivity contribution in [3.8, 4) is 11.5 Å². The van der Waals surface area contributed by atoms with Gasteiger partial charge in [-0.3, -0.25) is 0 Å². The van der Waals surface area contributed by atoms with Gasteiger partial charge in [-0.15, -0.1) is 0 Å². The molecule has 0 fully saturated rings. The number of ether oxygens (including phenoxy) is 1. The van der Waals surface area contributed by atoms with Gasteiger partial charge in [-0.2, -0.15) is 0 Å². The van der Waals surface area contributed by atoms with E-state index in [0.717, 1.165) is 5.56 Å². The zero-order valence-corrected chi connectivity index (χ0v) is 14.1. The average molecular weight is 373 g/mol. The first-order valence-corrected chi connectivity index (χ1v) is 7.77. The van der Waals surface area contributed by atoms with E-state index in [-0.39, 0.29) is 5.82 Å². The molecule has 2 aromatic carbocycles. The maximum atomic E-state index is 13.4. The molecule has 0 radical (unpaired) electrons. The van der Waals surface area contributed by atoms with Crippen LogP contribution in [0.3, 0.4) is 0 Å². The first-order valence-electron chi connectivity index (χ1n) is 6.60. The summed E-state index contributed by atoms with van der Waals surface area (Å²) in [6.45, 7) is 4.70. The number of benzene rings is 2. The minimum absolute atomic E-state index is 0.331. The van der Waals surface area contributed by atoms with E-state index >= 15 is 0 Å². The normalized spacial score (nSPS) is 11.0. The van der Waals surface area contributed by atoms with Gasteiger partial charge in [0.2, 0.25) is 0 Å². The highest BCUT2D eigenvalue weighted by atomic mass is 79.9. The first kappa shape index (κ1) is 16.3. The lowest BCUT2D eigenvalue weighted by molar-refractivity contribution is 0.464. The summed E-state index contributed by atoms with van der Waals surface area (Å²) >= 11 is 9.49. The average Bonchev–Trinajstić information content (AvgIpc) is 2.36. The molecule has 0 unspecified atom stereocenters. The van der Waals surface area contributed by atoms with E-state index in [1.165, 1.54) is 12.1 Å². The Kier molecular flexibility index (Phi) is 5.62. The standard InChI is InChI=1S/C16H16BrClFNO/c1-10(2)20-9-14-15(18)4-3-5-16(14)21-13-7-11(17)6-12(19)8-13/h3-8,10,20H,9H2,1-2H3. The summed E-state index contributed by atoms with van der Waals surface area (Å²) in [5, 5.41) is 3.93. The van der Waals surface area contributed by atoms with Crippen LogP contribution in [0.15, 0.2) is 40.9 Å². The molecule has 112 valence electrons. The van der Waals surface area contributed by atoms with E-state index in [1.807, 2.05) is 18.2 Å². The smallest absolute Gasteiger partial charge is 0.133 e. The van der Waals surface area contributed by atoms with Crippen molar-refractivity contribution in [2.75, 3.05) is 0 Å².